The number of carbonyl (C=O) groups is 1. The van der Waals surface area contributed by atoms with Gasteiger partial charge in [0.2, 0.25) is 0 Å². The van der Waals surface area contributed by atoms with Crippen LogP contribution in [0.3, 0.4) is 0 Å². The number of anilines is 1. The van der Waals surface area contributed by atoms with Gasteiger partial charge in [-0.15, -0.1) is 0 Å². The van der Waals surface area contributed by atoms with Gasteiger partial charge in [0, 0.05) is 25.3 Å². The molecule has 1 amide bonds. The number of nitrogens with zero attached hydrogens (tertiary/aromatic N) is 2. The van der Waals surface area contributed by atoms with E-state index in [1.807, 2.05) is 43.3 Å². The SMILES string of the molecule is CN(C)c1ccc(C(=O)NNC2(C#N)CC3CC4CC3CC2C4)cc1. The second-order valence-electron chi connectivity index (χ2n) is 8.33. The molecule has 5 atom stereocenters. The molecule has 0 aromatic heterocycles. The van der Waals surface area contributed by atoms with Crippen molar-refractivity contribution < 1.29 is 4.79 Å². The Hall–Kier alpha value is -2.06. The van der Waals surface area contributed by atoms with E-state index in [-0.39, 0.29) is 5.91 Å². The normalized spacial score (nSPS) is 35.2. The zero-order valence-electron chi connectivity index (χ0n) is 15.0. The Morgan fingerprint density at radius 2 is 1.88 bits per heavy atom. The van der Waals surface area contributed by atoms with Crippen LogP contribution in [0.2, 0.25) is 0 Å². The molecule has 3 aliphatic carbocycles. The van der Waals surface area contributed by atoms with E-state index in [0.29, 0.717) is 17.4 Å². The molecule has 25 heavy (non-hydrogen) atoms. The molecule has 4 rings (SSSR count). The Bertz CT molecular complexity index is 705. The van der Waals surface area contributed by atoms with Gasteiger partial charge in [-0.2, -0.15) is 5.26 Å². The van der Waals surface area contributed by atoms with Crippen molar-refractivity contribution in [2.45, 2.75) is 37.6 Å². The molecule has 0 radical (unpaired) electrons. The summed E-state index contributed by atoms with van der Waals surface area (Å²) in [5.41, 5.74) is 7.05. The van der Waals surface area contributed by atoms with Gasteiger partial charge >= 0.3 is 0 Å². The molecule has 3 aliphatic rings. The molecule has 0 spiro atoms. The highest BCUT2D eigenvalue weighted by atomic mass is 16.2. The number of fused-ring (bicyclic) bond motifs is 2. The Labute approximate surface area is 149 Å². The lowest BCUT2D eigenvalue weighted by molar-refractivity contribution is 0.0690. The maximum absolute atomic E-state index is 12.5. The fraction of sp³-hybridized carbons (Fsp3) is 0.600. The zero-order valence-corrected chi connectivity index (χ0v) is 15.0. The van der Waals surface area contributed by atoms with Crippen LogP contribution in [-0.2, 0) is 0 Å². The highest BCUT2D eigenvalue weighted by Crippen LogP contribution is 2.58. The summed E-state index contributed by atoms with van der Waals surface area (Å²) < 4.78 is 0. The van der Waals surface area contributed by atoms with Gasteiger partial charge in [-0.1, -0.05) is 0 Å². The van der Waals surface area contributed by atoms with Gasteiger partial charge in [0.1, 0.15) is 5.54 Å². The molecule has 3 fully saturated rings. The second kappa shape index (κ2) is 6.03. The average molecular weight is 338 g/mol. The Morgan fingerprint density at radius 1 is 1.16 bits per heavy atom. The van der Waals surface area contributed by atoms with Crippen molar-refractivity contribution in [3.8, 4) is 6.07 Å². The van der Waals surface area contributed by atoms with Gasteiger partial charge in [-0.25, -0.2) is 5.43 Å². The van der Waals surface area contributed by atoms with Crippen LogP contribution in [0.25, 0.3) is 0 Å². The first kappa shape index (κ1) is 16.4. The highest BCUT2D eigenvalue weighted by molar-refractivity contribution is 5.94. The summed E-state index contributed by atoms with van der Waals surface area (Å²) in [6.07, 6.45) is 5.75. The summed E-state index contributed by atoms with van der Waals surface area (Å²) in [6, 6.07) is 10.0. The van der Waals surface area contributed by atoms with E-state index in [1.165, 1.54) is 12.8 Å². The number of rotatable bonds is 4. The third-order valence-electron chi connectivity index (χ3n) is 6.67. The number of carbonyl (C=O) groups excluding carboxylic acids is 1. The number of nitriles is 1. The van der Waals surface area contributed by atoms with Crippen LogP contribution in [-0.4, -0.2) is 25.5 Å². The number of nitrogens with one attached hydrogen (secondary N) is 2. The van der Waals surface area contributed by atoms with Crippen LogP contribution in [0.5, 0.6) is 0 Å². The van der Waals surface area contributed by atoms with Crippen LogP contribution in [0.15, 0.2) is 24.3 Å². The molecule has 5 heteroatoms. The molecular formula is C20H26N4O. The van der Waals surface area contributed by atoms with Gasteiger partial charge in [0.05, 0.1) is 6.07 Å². The van der Waals surface area contributed by atoms with Gasteiger partial charge in [0.15, 0.2) is 0 Å². The van der Waals surface area contributed by atoms with E-state index in [2.05, 4.69) is 16.9 Å². The van der Waals surface area contributed by atoms with Crippen LogP contribution < -0.4 is 15.8 Å². The number of benzene rings is 1. The molecule has 3 bridgehead atoms. The Morgan fingerprint density at radius 3 is 2.56 bits per heavy atom. The van der Waals surface area contributed by atoms with Crippen LogP contribution in [0.1, 0.15) is 42.5 Å². The first-order chi connectivity index (χ1) is 12.0. The standard InChI is InChI=1S/C20H26N4O/c1-24(2)18-5-3-14(4-6-18)19(25)22-23-20(12-21)11-16-8-13-7-15(16)10-17(20)9-13/h3-6,13,15-17,23H,7-11H2,1-2H3,(H,22,25). The maximum Gasteiger partial charge on any atom is 0.265 e. The maximum atomic E-state index is 12.5. The van der Waals surface area contributed by atoms with Crippen LogP contribution in [0.4, 0.5) is 5.69 Å². The smallest absolute Gasteiger partial charge is 0.265 e. The van der Waals surface area contributed by atoms with Crippen molar-refractivity contribution in [1.29, 1.82) is 5.26 Å². The molecule has 2 N–H and O–H groups in total. The summed E-state index contributed by atoms with van der Waals surface area (Å²) in [7, 11) is 3.94. The fourth-order valence-electron chi connectivity index (χ4n) is 5.38. The number of amides is 1. The van der Waals surface area contributed by atoms with Crippen molar-refractivity contribution >= 4 is 11.6 Å². The van der Waals surface area contributed by atoms with Crippen molar-refractivity contribution in [1.82, 2.24) is 10.9 Å². The second-order valence-corrected chi connectivity index (χ2v) is 8.33. The quantitative estimate of drug-likeness (QED) is 0.828. The summed E-state index contributed by atoms with van der Waals surface area (Å²) >= 11 is 0. The molecule has 5 nitrogen and oxygen atoms in total. The molecular weight excluding hydrogens is 312 g/mol. The third kappa shape index (κ3) is 2.79. The van der Waals surface area contributed by atoms with E-state index < -0.39 is 5.54 Å². The third-order valence-corrected chi connectivity index (χ3v) is 6.67. The summed E-state index contributed by atoms with van der Waals surface area (Å²) in [5, 5.41) is 9.90. The first-order valence-electron chi connectivity index (χ1n) is 9.27. The molecule has 0 saturated heterocycles. The number of hydrogen-bond acceptors (Lipinski definition) is 4. The average Bonchev–Trinajstić information content (AvgIpc) is 2.84. The van der Waals surface area contributed by atoms with Gasteiger partial charge < -0.3 is 4.90 Å². The number of hydrogen-bond donors (Lipinski definition) is 2. The molecule has 132 valence electrons. The lowest BCUT2D eigenvalue weighted by Gasteiger charge is -2.45. The van der Waals surface area contributed by atoms with Crippen molar-refractivity contribution in [2.75, 3.05) is 19.0 Å². The fourth-order valence-corrected chi connectivity index (χ4v) is 5.38. The summed E-state index contributed by atoms with van der Waals surface area (Å²) in [4.78, 5) is 14.5. The molecule has 1 aromatic carbocycles. The predicted octanol–water partition coefficient (Wildman–Crippen LogP) is 2.71. The largest absolute Gasteiger partial charge is 0.378 e. The van der Waals surface area contributed by atoms with E-state index >= 15 is 0 Å². The zero-order chi connectivity index (χ0) is 17.6. The number of hydrazine groups is 1. The van der Waals surface area contributed by atoms with Gasteiger partial charge in [-0.3, -0.25) is 10.2 Å². The highest BCUT2D eigenvalue weighted by Gasteiger charge is 2.55. The van der Waals surface area contributed by atoms with Crippen molar-refractivity contribution in [3.05, 3.63) is 29.8 Å². The minimum atomic E-state index is -0.602. The minimum absolute atomic E-state index is 0.176. The lowest BCUT2D eigenvalue weighted by Crippen LogP contribution is -2.60. The Balaban J connectivity index is 1.44. The minimum Gasteiger partial charge on any atom is -0.378 e. The van der Waals surface area contributed by atoms with E-state index in [1.54, 1.807) is 0 Å². The summed E-state index contributed by atoms with van der Waals surface area (Å²) in [5.74, 6) is 2.43. The molecule has 0 heterocycles. The van der Waals surface area contributed by atoms with Crippen LogP contribution in [0, 0.1) is 35.0 Å². The molecule has 1 aromatic rings. The Kier molecular flexibility index (Phi) is 3.96. The van der Waals surface area contributed by atoms with E-state index in [4.69, 9.17) is 0 Å². The molecule has 3 saturated carbocycles. The van der Waals surface area contributed by atoms with E-state index in [0.717, 1.165) is 36.8 Å². The van der Waals surface area contributed by atoms with Crippen LogP contribution >= 0.6 is 0 Å². The van der Waals surface area contributed by atoms with Crippen molar-refractivity contribution in [3.63, 3.8) is 0 Å². The molecule has 0 aliphatic heterocycles. The lowest BCUT2D eigenvalue weighted by atomic mass is 9.63. The van der Waals surface area contributed by atoms with Gasteiger partial charge in [-0.05, 0) is 80.0 Å². The topological polar surface area (TPSA) is 68.2 Å². The van der Waals surface area contributed by atoms with Crippen molar-refractivity contribution in [2.24, 2.45) is 23.7 Å². The monoisotopic (exact) mass is 338 g/mol. The molecule has 5 unspecified atom stereocenters. The first-order valence-corrected chi connectivity index (χ1v) is 9.27. The predicted molar refractivity (Wildman–Crippen MR) is 96.8 cm³/mol. The van der Waals surface area contributed by atoms with Gasteiger partial charge in [0.25, 0.3) is 5.91 Å². The summed E-state index contributed by atoms with van der Waals surface area (Å²) in [6.45, 7) is 0. The van der Waals surface area contributed by atoms with E-state index in [9.17, 15) is 10.1 Å².